The van der Waals surface area contributed by atoms with Crippen LogP contribution in [0.5, 0.6) is 0 Å². The maximum absolute atomic E-state index is 14.3. The number of hydrogen-bond acceptors (Lipinski definition) is 2. The third kappa shape index (κ3) is 3.76. The van der Waals surface area contributed by atoms with Crippen molar-refractivity contribution >= 4 is 22.5 Å². The van der Waals surface area contributed by atoms with Gasteiger partial charge >= 0.3 is 6.03 Å². The molecule has 1 atom stereocenters. The Morgan fingerprint density at radius 3 is 2.61 bits per heavy atom. The van der Waals surface area contributed by atoms with Crippen molar-refractivity contribution in [3.63, 3.8) is 0 Å². The Balaban J connectivity index is 1.96. The second kappa shape index (κ2) is 8.25. The van der Waals surface area contributed by atoms with Gasteiger partial charge in [0.25, 0.3) is 5.56 Å². The zero-order valence-electron chi connectivity index (χ0n) is 16.3. The molecule has 1 heterocycles. The van der Waals surface area contributed by atoms with E-state index in [9.17, 15) is 14.0 Å². The van der Waals surface area contributed by atoms with Gasteiger partial charge in [-0.25, -0.2) is 9.18 Å². The van der Waals surface area contributed by atoms with Gasteiger partial charge in [0.15, 0.2) is 0 Å². The number of aromatic nitrogens is 1. The summed E-state index contributed by atoms with van der Waals surface area (Å²) >= 11 is 0. The molecule has 0 spiro atoms. The summed E-state index contributed by atoms with van der Waals surface area (Å²) < 4.78 is 14.3. The molecule has 3 aromatic rings. The van der Waals surface area contributed by atoms with Crippen LogP contribution in [0, 0.1) is 12.7 Å². The molecule has 2 aromatic carbocycles. The van der Waals surface area contributed by atoms with Gasteiger partial charge in [-0.15, -0.1) is 0 Å². The Morgan fingerprint density at radius 2 is 1.89 bits per heavy atom. The molecule has 0 aliphatic rings. The fourth-order valence-electron chi connectivity index (χ4n) is 3.39. The van der Waals surface area contributed by atoms with Crippen molar-refractivity contribution < 1.29 is 9.18 Å². The third-order valence-electron chi connectivity index (χ3n) is 4.92. The van der Waals surface area contributed by atoms with Crippen molar-refractivity contribution in [2.75, 3.05) is 11.9 Å². The highest BCUT2D eigenvalue weighted by atomic mass is 19.1. The second-order valence-corrected chi connectivity index (χ2v) is 6.85. The van der Waals surface area contributed by atoms with Gasteiger partial charge in [0.2, 0.25) is 0 Å². The first-order chi connectivity index (χ1) is 13.4. The number of rotatable bonds is 5. The quantitative estimate of drug-likeness (QED) is 0.654. The number of carbonyl (C=O) groups is 1. The van der Waals surface area contributed by atoms with E-state index in [1.54, 1.807) is 42.3 Å². The summed E-state index contributed by atoms with van der Waals surface area (Å²) in [4.78, 5) is 29.5. The number of pyridine rings is 1. The van der Waals surface area contributed by atoms with Crippen LogP contribution < -0.4 is 10.9 Å². The lowest BCUT2D eigenvalue weighted by atomic mass is 10.0. The average Bonchev–Trinajstić information content (AvgIpc) is 2.69. The minimum atomic E-state index is -0.436. The molecular formula is C22H24FN3O2. The zero-order chi connectivity index (χ0) is 20.3. The van der Waals surface area contributed by atoms with Crippen LogP contribution in [0.3, 0.4) is 0 Å². The Morgan fingerprint density at radius 1 is 1.18 bits per heavy atom. The number of aromatic amines is 1. The fraction of sp³-hybridized carbons (Fsp3) is 0.273. The van der Waals surface area contributed by atoms with Crippen LogP contribution >= 0.6 is 0 Å². The van der Waals surface area contributed by atoms with Crippen molar-refractivity contribution in [1.29, 1.82) is 0 Å². The number of hydrogen-bond donors (Lipinski definition) is 2. The highest BCUT2D eigenvalue weighted by Gasteiger charge is 2.24. The van der Waals surface area contributed by atoms with Gasteiger partial charge in [-0.3, -0.25) is 4.79 Å². The van der Waals surface area contributed by atoms with E-state index >= 15 is 0 Å². The maximum Gasteiger partial charge on any atom is 0.322 e. The molecule has 6 heteroatoms. The van der Waals surface area contributed by atoms with E-state index in [-0.39, 0.29) is 23.3 Å². The highest BCUT2D eigenvalue weighted by molar-refractivity contribution is 5.91. The summed E-state index contributed by atoms with van der Waals surface area (Å²) in [7, 11) is 0. The van der Waals surface area contributed by atoms with Crippen LogP contribution in [0.1, 0.15) is 37.4 Å². The predicted molar refractivity (Wildman–Crippen MR) is 110 cm³/mol. The van der Waals surface area contributed by atoms with Gasteiger partial charge in [0, 0.05) is 18.1 Å². The molecule has 1 aromatic heterocycles. The molecule has 0 radical (unpaired) electrons. The molecule has 28 heavy (non-hydrogen) atoms. The van der Waals surface area contributed by atoms with Crippen LogP contribution in [0.2, 0.25) is 0 Å². The topological polar surface area (TPSA) is 65.2 Å². The summed E-state index contributed by atoms with van der Waals surface area (Å²) in [5.74, 6) is -0.436. The van der Waals surface area contributed by atoms with Crippen molar-refractivity contribution in [3.05, 3.63) is 76.0 Å². The van der Waals surface area contributed by atoms with Gasteiger partial charge in [0.1, 0.15) is 5.82 Å². The largest absolute Gasteiger partial charge is 0.328 e. The number of H-pyrrole nitrogens is 1. The average molecular weight is 381 g/mol. The van der Waals surface area contributed by atoms with E-state index in [1.807, 2.05) is 32.0 Å². The lowest BCUT2D eigenvalue weighted by Crippen LogP contribution is -2.38. The first kappa shape index (κ1) is 19.6. The van der Waals surface area contributed by atoms with Gasteiger partial charge < -0.3 is 15.2 Å². The summed E-state index contributed by atoms with van der Waals surface area (Å²) in [6, 6.07) is 11.5. The van der Waals surface area contributed by atoms with Crippen molar-refractivity contribution in [2.45, 2.75) is 33.2 Å². The lowest BCUT2D eigenvalue weighted by Gasteiger charge is -2.30. The van der Waals surface area contributed by atoms with E-state index in [2.05, 4.69) is 10.3 Å². The van der Waals surface area contributed by atoms with E-state index in [0.717, 1.165) is 17.4 Å². The number of carbonyl (C=O) groups excluding carboxylic acids is 1. The van der Waals surface area contributed by atoms with Crippen LogP contribution in [0.15, 0.2) is 53.5 Å². The van der Waals surface area contributed by atoms with Gasteiger partial charge in [-0.2, -0.15) is 0 Å². The Kier molecular flexibility index (Phi) is 5.78. The third-order valence-corrected chi connectivity index (χ3v) is 4.92. The van der Waals surface area contributed by atoms with Gasteiger partial charge in [0.05, 0.1) is 11.7 Å². The van der Waals surface area contributed by atoms with E-state index < -0.39 is 5.82 Å². The van der Waals surface area contributed by atoms with Gasteiger partial charge in [-0.1, -0.05) is 37.3 Å². The molecule has 0 aliphatic heterocycles. The first-order valence-corrected chi connectivity index (χ1v) is 9.37. The second-order valence-electron chi connectivity index (χ2n) is 6.85. The molecule has 0 aliphatic carbocycles. The number of urea groups is 1. The summed E-state index contributed by atoms with van der Waals surface area (Å²) in [6.07, 6.45) is 2.40. The Labute approximate surface area is 163 Å². The van der Waals surface area contributed by atoms with Crippen LogP contribution in [-0.2, 0) is 0 Å². The summed E-state index contributed by atoms with van der Waals surface area (Å²) in [6.45, 7) is 6.03. The number of anilines is 1. The SMILES string of the molecule is CCCN(C(=O)Nc1cccc(C)c1F)C(C)c1c[nH]c(=O)c2ccccc12. The van der Waals surface area contributed by atoms with E-state index in [4.69, 9.17) is 0 Å². The van der Waals surface area contributed by atoms with Crippen LogP contribution in [0.4, 0.5) is 14.9 Å². The molecule has 1 unspecified atom stereocenters. The number of benzene rings is 2. The van der Waals surface area contributed by atoms with Crippen molar-refractivity contribution in [1.82, 2.24) is 9.88 Å². The van der Waals surface area contributed by atoms with Crippen molar-refractivity contribution in [3.8, 4) is 0 Å². The number of halogens is 1. The number of fused-ring (bicyclic) bond motifs is 1. The van der Waals surface area contributed by atoms with Crippen LogP contribution in [-0.4, -0.2) is 22.5 Å². The molecule has 2 amide bonds. The summed E-state index contributed by atoms with van der Waals surface area (Å²) in [5, 5.41) is 4.06. The molecule has 5 nitrogen and oxygen atoms in total. The van der Waals surface area contributed by atoms with Crippen LogP contribution in [0.25, 0.3) is 10.8 Å². The highest BCUT2D eigenvalue weighted by Crippen LogP contribution is 2.27. The molecule has 0 fully saturated rings. The minimum absolute atomic E-state index is 0.157. The molecule has 146 valence electrons. The molecule has 2 N–H and O–H groups in total. The van der Waals surface area contributed by atoms with Gasteiger partial charge in [-0.05, 0) is 48.9 Å². The Hall–Kier alpha value is -3.15. The molecule has 0 saturated carbocycles. The molecule has 0 bridgehead atoms. The monoisotopic (exact) mass is 381 g/mol. The standard InChI is InChI=1S/C22H24FN3O2/c1-4-12-26(22(28)25-19-11-7-8-14(2)20(19)23)15(3)18-13-24-21(27)17-10-6-5-9-16(17)18/h5-11,13,15H,4,12H2,1-3H3,(H,24,27)(H,25,28). The maximum atomic E-state index is 14.3. The van der Waals surface area contributed by atoms with E-state index in [1.165, 1.54) is 0 Å². The number of nitrogens with one attached hydrogen (secondary N) is 2. The molecular weight excluding hydrogens is 357 g/mol. The zero-order valence-corrected chi connectivity index (χ0v) is 16.3. The normalized spacial score (nSPS) is 12.0. The minimum Gasteiger partial charge on any atom is -0.328 e. The molecule has 3 rings (SSSR count). The fourth-order valence-corrected chi connectivity index (χ4v) is 3.39. The number of nitrogens with zero attached hydrogens (tertiary/aromatic N) is 1. The summed E-state index contributed by atoms with van der Waals surface area (Å²) in [5.41, 5.74) is 1.30. The smallest absolute Gasteiger partial charge is 0.322 e. The Bertz CT molecular complexity index is 1060. The van der Waals surface area contributed by atoms with E-state index in [0.29, 0.717) is 17.5 Å². The molecule has 0 saturated heterocycles. The number of amides is 2. The lowest BCUT2D eigenvalue weighted by molar-refractivity contribution is 0.193. The predicted octanol–water partition coefficient (Wildman–Crippen LogP) is 4.98. The number of aryl methyl sites for hydroxylation is 1. The van der Waals surface area contributed by atoms with Crippen molar-refractivity contribution in [2.24, 2.45) is 0 Å². The first-order valence-electron chi connectivity index (χ1n) is 9.37.